The normalized spacial score (nSPS) is 11.4. The Kier molecular flexibility index (Phi) is 3.90. The molecule has 0 atom stereocenters. The van der Waals surface area contributed by atoms with E-state index in [-0.39, 0.29) is 22.7 Å². The van der Waals surface area contributed by atoms with E-state index < -0.39 is 11.2 Å². The molecule has 31 heavy (non-hydrogen) atoms. The summed E-state index contributed by atoms with van der Waals surface area (Å²) in [6, 6.07) is 11.7. The van der Waals surface area contributed by atoms with Gasteiger partial charge < -0.3 is 14.9 Å². The Morgan fingerprint density at radius 3 is 2.58 bits per heavy atom. The van der Waals surface area contributed by atoms with E-state index in [9.17, 15) is 19.8 Å². The number of hydrogen-bond donors (Lipinski definition) is 3. The number of nitrogens with zero attached hydrogens (tertiary/aromatic N) is 4. The number of hydrogen-bond acceptors (Lipinski definition) is 6. The van der Waals surface area contributed by atoms with E-state index in [1.54, 1.807) is 34.4 Å². The molecule has 0 aliphatic rings. The van der Waals surface area contributed by atoms with Gasteiger partial charge in [0.15, 0.2) is 22.7 Å². The molecule has 156 valence electrons. The van der Waals surface area contributed by atoms with Gasteiger partial charge in [-0.3, -0.25) is 23.3 Å². The maximum absolute atomic E-state index is 12.6. The van der Waals surface area contributed by atoms with Crippen LogP contribution in [0, 0.1) is 0 Å². The molecule has 0 aliphatic heterocycles. The van der Waals surface area contributed by atoms with Gasteiger partial charge in [-0.2, -0.15) is 4.98 Å². The van der Waals surface area contributed by atoms with E-state index >= 15 is 0 Å². The molecule has 0 amide bonds. The summed E-state index contributed by atoms with van der Waals surface area (Å²) in [7, 11) is 3.07. The van der Waals surface area contributed by atoms with E-state index in [2.05, 4.69) is 9.97 Å². The van der Waals surface area contributed by atoms with E-state index in [0.717, 1.165) is 0 Å². The summed E-state index contributed by atoms with van der Waals surface area (Å²) < 4.78 is 10.1. The number of imidazole rings is 2. The number of fused-ring (bicyclic) bond motifs is 3. The van der Waals surface area contributed by atoms with Gasteiger partial charge in [0, 0.05) is 18.8 Å². The molecule has 0 fully saturated rings. The summed E-state index contributed by atoms with van der Waals surface area (Å²) in [4.78, 5) is 31.5. The third kappa shape index (κ3) is 2.61. The number of nitrogens with one attached hydrogen (secondary N) is 1. The quantitative estimate of drug-likeness (QED) is 0.383. The highest BCUT2D eigenvalue weighted by Gasteiger charge is 2.22. The Labute approximate surface area is 173 Å². The van der Waals surface area contributed by atoms with Crippen molar-refractivity contribution in [3.63, 3.8) is 0 Å². The smallest absolute Gasteiger partial charge is 0.329 e. The minimum Gasteiger partial charge on any atom is -0.504 e. The molecule has 0 radical (unpaired) electrons. The van der Waals surface area contributed by atoms with Crippen molar-refractivity contribution in [1.29, 1.82) is 0 Å². The third-order valence-electron chi connectivity index (χ3n) is 5.22. The fraction of sp³-hybridized carbons (Fsp3) is 0.0952. The van der Waals surface area contributed by atoms with Gasteiger partial charge in [-0.15, -0.1) is 0 Å². The number of aryl methyl sites for hydroxylation is 1. The molecule has 5 rings (SSSR count). The number of benzene rings is 2. The third-order valence-corrected chi connectivity index (χ3v) is 5.22. The van der Waals surface area contributed by atoms with Crippen molar-refractivity contribution in [3.05, 3.63) is 69.5 Å². The molecule has 0 bridgehead atoms. The molecule has 3 aromatic heterocycles. The number of ether oxygens (including phenoxy) is 1. The van der Waals surface area contributed by atoms with Gasteiger partial charge in [0.25, 0.3) is 5.56 Å². The zero-order chi connectivity index (χ0) is 21.9. The molecular formula is C21H17N5O5. The van der Waals surface area contributed by atoms with Gasteiger partial charge in [0.05, 0.1) is 18.5 Å². The summed E-state index contributed by atoms with van der Waals surface area (Å²) in [6.45, 7) is 0. The van der Waals surface area contributed by atoms with Crippen LogP contribution in [0.25, 0.3) is 33.9 Å². The summed E-state index contributed by atoms with van der Waals surface area (Å²) in [6.07, 6.45) is 1.68. The summed E-state index contributed by atoms with van der Waals surface area (Å²) >= 11 is 0. The molecule has 0 saturated heterocycles. The van der Waals surface area contributed by atoms with Crippen LogP contribution in [0.5, 0.6) is 17.2 Å². The number of rotatable bonds is 3. The van der Waals surface area contributed by atoms with Crippen molar-refractivity contribution >= 4 is 16.9 Å². The van der Waals surface area contributed by atoms with Crippen molar-refractivity contribution in [2.45, 2.75) is 0 Å². The first-order valence-corrected chi connectivity index (χ1v) is 9.29. The first-order valence-electron chi connectivity index (χ1n) is 9.29. The molecule has 3 N–H and O–H groups in total. The summed E-state index contributed by atoms with van der Waals surface area (Å²) in [5.74, 6) is 0.391. The van der Waals surface area contributed by atoms with Gasteiger partial charge in [-0.25, -0.2) is 4.79 Å². The predicted molar refractivity (Wildman–Crippen MR) is 113 cm³/mol. The largest absolute Gasteiger partial charge is 0.504 e. The van der Waals surface area contributed by atoms with Crippen molar-refractivity contribution in [1.82, 2.24) is 23.5 Å². The second-order valence-corrected chi connectivity index (χ2v) is 7.00. The van der Waals surface area contributed by atoms with Crippen LogP contribution in [0.2, 0.25) is 0 Å². The lowest BCUT2D eigenvalue weighted by molar-refractivity contribution is 0.404. The number of aromatic nitrogens is 5. The molecular weight excluding hydrogens is 402 g/mol. The zero-order valence-corrected chi connectivity index (χ0v) is 16.5. The van der Waals surface area contributed by atoms with Crippen LogP contribution < -0.4 is 16.0 Å². The molecule has 0 saturated carbocycles. The van der Waals surface area contributed by atoms with Gasteiger partial charge in [0.1, 0.15) is 5.75 Å². The standard InChI is InChI=1S/C21H17N5O5/c1-24-18-17(19(29)23-21(24)30)25-10-13(11-7-8-14(27)15(28)9-11)26(20(25)22-18)12-5-3-4-6-16(12)31-2/h3-10,27-28H,1-2H3,(H,23,29,30). The summed E-state index contributed by atoms with van der Waals surface area (Å²) in [5, 5.41) is 19.8. The lowest BCUT2D eigenvalue weighted by Crippen LogP contribution is -2.28. The van der Waals surface area contributed by atoms with Gasteiger partial charge in [-0.1, -0.05) is 12.1 Å². The Hall–Kier alpha value is -4.47. The van der Waals surface area contributed by atoms with Crippen molar-refractivity contribution in [2.24, 2.45) is 7.05 Å². The van der Waals surface area contributed by atoms with E-state index in [1.165, 1.54) is 23.7 Å². The van der Waals surface area contributed by atoms with Crippen LogP contribution in [-0.4, -0.2) is 40.8 Å². The average molecular weight is 419 g/mol. The molecule has 10 nitrogen and oxygen atoms in total. The number of phenols is 2. The van der Waals surface area contributed by atoms with E-state index in [4.69, 9.17) is 4.74 Å². The Balaban J connectivity index is 1.97. The Morgan fingerprint density at radius 2 is 1.84 bits per heavy atom. The van der Waals surface area contributed by atoms with Gasteiger partial charge in [0.2, 0.25) is 5.78 Å². The number of aromatic hydroxyl groups is 2. The Bertz CT molecular complexity index is 1600. The second kappa shape index (κ2) is 6.52. The number of H-pyrrole nitrogens is 1. The molecule has 0 aliphatic carbocycles. The van der Waals surface area contributed by atoms with Gasteiger partial charge >= 0.3 is 5.69 Å². The van der Waals surface area contributed by atoms with Crippen LogP contribution in [-0.2, 0) is 7.05 Å². The Morgan fingerprint density at radius 1 is 1.06 bits per heavy atom. The molecule has 5 aromatic rings. The van der Waals surface area contributed by atoms with Crippen molar-refractivity contribution < 1.29 is 14.9 Å². The number of para-hydroxylation sites is 2. The molecule has 2 aromatic carbocycles. The lowest BCUT2D eigenvalue weighted by atomic mass is 10.1. The second-order valence-electron chi connectivity index (χ2n) is 7.00. The minimum absolute atomic E-state index is 0.204. The average Bonchev–Trinajstić information content (AvgIpc) is 3.30. The lowest BCUT2D eigenvalue weighted by Gasteiger charge is -2.13. The van der Waals surface area contributed by atoms with Crippen molar-refractivity contribution in [2.75, 3.05) is 7.11 Å². The SMILES string of the molecule is COc1ccccc1-n1c(-c2ccc(O)c(O)c2)cn2c3c(=O)[nH]c(=O)n(C)c3nc12. The topological polar surface area (TPSA) is 127 Å². The maximum atomic E-state index is 12.6. The highest BCUT2D eigenvalue weighted by molar-refractivity contribution is 5.80. The van der Waals surface area contributed by atoms with Crippen LogP contribution >= 0.6 is 0 Å². The predicted octanol–water partition coefficient (Wildman–Crippen LogP) is 1.75. The van der Waals surface area contributed by atoms with Crippen LogP contribution in [0.4, 0.5) is 0 Å². The molecule has 0 spiro atoms. The van der Waals surface area contributed by atoms with Gasteiger partial charge in [-0.05, 0) is 30.3 Å². The monoisotopic (exact) mass is 419 g/mol. The van der Waals surface area contributed by atoms with Crippen LogP contribution in [0.3, 0.4) is 0 Å². The fourth-order valence-corrected chi connectivity index (χ4v) is 3.70. The molecule has 10 heteroatoms. The zero-order valence-electron chi connectivity index (χ0n) is 16.5. The number of phenolic OH excluding ortho intramolecular Hbond substituents is 2. The van der Waals surface area contributed by atoms with E-state index in [1.807, 2.05) is 18.2 Å². The number of aromatic amines is 1. The first-order chi connectivity index (χ1) is 14.9. The summed E-state index contributed by atoms with van der Waals surface area (Å²) in [5.41, 5.74) is 1.09. The van der Waals surface area contributed by atoms with Crippen molar-refractivity contribution in [3.8, 4) is 34.2 Å². The fourth-order valence-electron chi connectivity index (χ4n) is 3.70. The van der Waals surface area contributed by atoms with Crippen LogP contribution in [0.15, 0.2) is 58.3 Å². The number of methoxy groups -OCH3 is 1. The highest BCUT2D eigenvalue weighted by Crippen LogP contribution is 2.36. The highest BCUT2D eigenvalue weighted by atomic mass is 16.5. The molecule has 3 heterocycles. The first kappa shape index (κ1) is 18.6. The molecule has 0 unspecified atom stereocenters. The minimum atomic E-state index is -0.567. The maximum Gasteiger partial charge on any atom is 0.329 e. The van der Waals surface area contributed by atoms with E-state index in [0.29, 0.717) is 28.5 Å². The van der Waals surface area contributed by atoms with Crippen LogP contribution in [0.1, 0.15) is 0 Å².